The maximum Gasteiger partial charge on any atom is 0.259 e. The second kappa shape index (κ2) is 9.50. The number of amides is 2. The number of rotatable bonds is 7. The van der Waals surface area contributed by atoms with Crippen LogP contribution in [-0.4, -0.2) is 18.4 Å². The van der Waals surface area contributed by atoms with Gasteiger partial charge in [0.2, 0.25) is 0 Å². The average molecular weight is 392 g/mol. The summed E-state index contributed by atoms with van der Waals surface area (Å²) in [5.41, 5.74) is 1.77. The molecular weight excluding hydrogens is 371 g/mol. The van der Waals surface area contributed by atoms with E-state index in [2.05, 4.69) is 10.6 Å². The Balaban J connectivity index is 1.59. The van der Waals surface area contributed by atoms with Crippen LogP contribution >= 0.6 is 0 Å². The molecule has 0 aliphatic carbocycles. The SMILES string of the molecule is CC(NC(=O)COc1ccccc1C(=O)Nc1ccccc1)c1ccc(F)cc1. The molecule has 0 aliphatic rings. The molecule has 3 aromatic rings. The van der Waals surface area contributed by atoms with Crippen molar-refractivity contribution in [2.75, 3.05) is 11.9 Å². The molecule has 2 amide bonds. The zero-order chi connectivity index (χ0) is 20.6. The van der Waals surface area contributed by atoms with E-state index in [1.165, 1.54) is 12.1 Å². The van der Waals surface area contributed by atoms with Crippen LogP contribution in [0.1, 0.15) is 28.9 Å². The van der Waals surface area contributed by atoms with Gasteiger partial charge in [0, 0.05) is 5.69 Å². The summed E-state index contributed by atoms with van der Waals surface area (Å²) in [5.74, 6) is -0.696. The van der Waals surface area contributed by atoms with Gasteiger partial charge in [-0.05, 0) is 48.9 Å². The number of hydrogen-bond acceptors (Lipinski definition) is 3. The van der Waals surface area contributed by atoms with Gasteiger partial charge in [0.1, 0.15) is 11.6 Å². The molecule has 0 aromatic heterocycles. The number of para-hydroxylation sites is 2. The third-order valence-corrected chi connectivity index (χ3v) is 4.27. The van der Waals surface area contributed by atoms with Crippen LogP contribution in [0.2, 0.25) is 0 Å². The summed E-state index contributed by atoms with van der Waals surface area (Å²) in [4.78, 5) is 24.8. The number of benzene rings is 3. The van der Waals surface area contributed by atoms with E-state index in [9.17, 15) is 14.0 Å². The van der Waals surface area contributed by atoms with Gasteiger partial charge < -0.3 is 15.4 Å². The Hall–Kier alpha value is -3.67. The van der Waals surface area contributed by atoms with Crippen molar-refractivity contribution in [3.8, 4) is 5.75 Å². The molecular formula is C23H21FN2O3. The highest BCUT2D eigenvalue weighted by atomic mass is 19.1. The van der Waals surface area contributed by atoms with Gasteiger partial charge in [-0.15, -0.1) is 0 Å². The summed E-state index contributed by atoms with van der Waals surface area (Å²) in [6, 6.07) is 21.4. The number of ether oxygens (including phenoxy) is 1. The van der Waals surface area contributed by atoms with Gasteiger partial charge in [0.15, 0.2) is 6.61 Å². The quantitative estimate of drug-likeness (QED) is 0.629. The van der Waals surface area contributed by atoms with E-state index in [0.717, 1.165) is 5.56 Å². The number of halogens is 1. The molecule has 1 atom stereocenters. The fraction of sp³-hybridized carbons (Fsp3) is 0.130. The Bertz CT molecular complexity index is 975. The highest BCUT2D eigenvalue weighted by Crippen LogP contribution is 2.20. The van der Waals surface area contributed by atoms with Crippen molar-refractivity contribution >= 4 is 17.5 Å². The van der Waals surface area contributed by atoms with Crippen LogP contribution in [0.25, 0.3) is 0 Å². The van der Waals surface area contributed by atoms with Crippen LogP contribution in [0.4, 0.5) is 10.1 Å². The zero-order valence-corrected chi connectivity index (χ0v) is 15.9. The van der Waals surface area contributed by atoms with Gasteiger partial charge in [0.25, 0.3) is 11.8 Å². The van der Waals surface area contributed by atoms with Crippen LogP contribution < -0.4 is 15.4 Å². The van der Waals surface area contributed by atoms with E-state index < -0.39 is 0 Å². The summed E-state index contributed by atoms with van der Waals surface area (Å²) in [6.07, 6.45) is 0. The summed E-state index contributed by atoms with van der Waals surface area (Å²) < 4.78 is 18.6. The van der Waals surface area contributed by atoms with E-state index in [1.807, 2.05) is 18.2 Å². The summed E-state index contributed by atoms with van der Waals surface area (Å²) in [7, 11) is 0. The monoisotopic (exact) mass is 392 g/mol. The van der Waals surface area contributed by atoms with Gasteiger partial charge in [-0.3, -0.25) is 9.59 Å². The number of carbonyl (C=O) groups is 2. The summed E-state index contributed by atoms with van der Waals surface area (Å²) >= 11 is 0. The van der Waals surface area contributed by atoms with Crippen molar-refractivity contribution < 1.29 is 18.7 Å². The molecule has 1 unspecified atom stereocenters. The zero-order valence-electron chi connectivity index (χ0n) is 15.9. The molecule has 29 heavy (non-hydrogen) atoms. The van der Waals surface area contributed by atoms with Crippen LogP contribution in [0.15, 0.2) is 78.9 Å². The Morgan fingerprint density at radius 2 is 1.59 bits per heavy atom. The first kappa shape index (κ1) is 20.1. The van der Waals surface area contributed by atoms with Gasteiger partial charge in [-0.2, -0.15) is 0 Å². The van der Waals surface area contributed by atoms with Crippen molar-refractivity contribution in [1.82, 2.24) is 5.32 Å². The minimum Gasteiger partial charge on any atom is -0.483 e. The lowest BCUT2D eigenvalue weighted by atomic mass is 10.1. The molecule has 0 saturated carbocycles. The third-order valence-electron chi connectivity index (χ3n) is 4.27. The lowest BCUT2D eigenvalue weighted by molar-refractivity contribution is -0.123. The average Bonchev–Trinajstić information content (AvgIpc) is 2.73. The molecule has 0 fully saturated rings. The minimum atomic E-state index is -0.347. The first-order chi connectivity index (χ1) is 14.0. The molecule has 3 rings (SSSR count). The molecule has 0 saturated heterocycles. The molecule has 5 nitrogen and oxygen atoms in total. The van der Waals surface area contributed by atoms with E-state index in [-0.39, 0.29) is 30.3 Å². The van der Waals surface area contributed by atoms with E-state index >= 15 is 0 Å². The molecule has 0 radical (unpaired) electrons. The van der Waals surface area contributed by atoms with Gasteiger partial charge in [0.05, 0.1) is 11.6 Å². The van der Waals surface area contributed by atoms with Crippen molar-refractivity contribution in [2.45, 2.75) is 13.0 Å². The van der Waals surface area contributed by atoms with Crippen molar-refractivity contribution in [3.63, 3.8) is 0 Å². The molecule has 0 spiro atoms. The molecule has 6 heteroatoms. The number of anilines is 1. The topological polar surface area (TPSA) is 67.4 Å². The van der Waals surface area contributed by atoms with E-state index in [1.54, 1.807) is 55.5 Å². The molecule has 0 heterocycles. The molecule has 3 aromatic carbocycles. The first-order valence-corrected chi connectivity index (χ1v) is 9.16. The van der Waals surface area contributed by atoms with Crippen molar-refractivity contribution in [3.05, 3.63) is 95.8 Å². The lowest BCUT2D eigenvalue weighted by Gasteiger charge is -2.16. The number of carbonyl (C=O) groups excluding carboxylic acids is 2. The van der Waals surface area contributed by atoms with Gasteiger partial charge >= 0.3 is 0 Å². The highest BCUT2D eigenvalue weighted by Gasteiger charge is 2.15. The summed E-state index contributed by atoms with van der Waals surface area (Å²) in [5, 5.41) is 5.58. The smallest absolute Gasteiger partial charge is 0.259 e. The van der Waals surface area contributed by atoms with Gasteiger partial charge in [-0.25, -0.2) is 4.39 Å². The van der Waals surface area contributed by atoms with Crippen LogP contribution in [0.3, 0.4) is 0 Å². The maximum atomic E-state index is 13.0. The van der Waals surface area contributed by atoms with Crippen LogP contribution in [-0.2, 0) is 4.79 Å². The Labute approximate surface area is 168 Å². The number of hydrogen-bond donors (Lipinski definition) is 2. The molecule has 0 bridgehead atoms. The Morgan fingerprint density at radius 3 is 2.31 bits per heavy atom. The maximum absolute atomic E-state index is 13.0. The second-order valence-electron chi connectivity index (χ2n) is 6.45. The lowest BCUT2D eigenvalue weighted by Crippen LogP contribution is -2.31. The van der Waals surface area contributed by atoms with Crippen LogP contribution in [0.5, 0.6) is 5.75 Å². The second-order valence-corrected chi connectivity index (χ2v) is 6.45. The van der Waals surface area contributed by atoms with Crippen LogP contribution in [0, 0.1) is 5.82 Å². The molecule has 2 N–H and O–H groups in total. The minimum absolute atomic E-state index is 0.249. The predicted octanol–water partition coefficient (Wildman–Crippen LogP) is 4.33. The fourth-order valence-electron chi connectivity index (χ4n) is 2.76. The standard InChI is InChI=1S/C23H21FN2O3/c1-16(17-11-13-18(24)14-12-17)25-22(27)15-29-21-10-6-5-9-20(21)23(28)26-19-7-3-2-4-8-19/h2-14,16H,15H2,1H3,(H,25,27)(H,26,28). The Morgan fingerprint density at radius 1 is 0.931 bits per heavy atom. The van der Waals surface area contributed by atoms with Gasteiger partial charge in [-0.1, -0.05) is 42.5 Å². The van der Waals surface area contributed by atoms with E-state index in [0.29, 0.717) is 17.0 Å². The van der Waals surface area contributed by atoms with E-state index in [4.69, 9.17) is 4.74 Å². The van der Waals surface area contributed by atoms with Crippen molar-refractivity contribution in [2.24, 2.45) is 0 Å². The Kier molecular flexibility index (Phi) is 6.58. The van der Waals surface area contributed by atoms with Crippen molar-refractivity contribution in [1.29, 1.82) is 0 Å². The fourth-order valence-corrected chi connectivity index (χ4v) is 2.76. The molecule has 0 aliphatic heterocycles. The predicted molar refractivity (Wildman–Crippen MR) is 109 cm³/mol. The number of nitrogens with one attached hydrogen (secondary N) is 2. The highest BCUT2D eigenvalue weighted by molar-refractivity contribution is 6.06. The largest absolute Gasteiger partial charge is 0.483 e. The third kappa shape index (κ3) is 5.65. The normalized spacial score (nSPS) is 11.4. The summed E-state index contributed by atoms with van der Waals surface area (Å²) in [6.45, 7) is 1.55. The molecule has 148 valence electrons. The first-order valence-electron chi connectivity index (χ1n) is 9.16.